The average Bonchev–Trinajstić information content (AvgIpc) is 2.37. The number of para-hydroxylation sites is 1. The molecule has 1 N–H and O–H groups in total. The van der Waals surface area contributed by atoms with E-state index in [1.165, 1.54) is 6.07 Å². The Morgan fingerprint density at radius 1 is 1.25 bits per heavy atom. The molecular formula is C15H18F2N2O. The van der Waals surface area contributed by atoms with E-state index >= 15 is 0 Å². The minimum Gasteiger partial charge on any atom is -0.432 e. The van der Waals surface area contributed by atoms with Crippen molar-refractivity contribution in [3.63, 3.8) is 0 Å². The van der Waals surface area contributed by atoms with Gasteiger partial charge in [-0.3, -0.25) is 0 Å². The van der Waals surface area contributed by atoms with Crippen molar-refractivity contribution >= 4 is 16.6 Å². The predicted molar refractivity (Wildman–Crippen MR) is 76.7 cm³/mol. The topological polar surface area (TPSA) is 34.2 Å². The van der Waals surface area contributed by atoms with Crippen molar-refractivity contribution in [3.8, 4) is 5.75 Å². The van der Waals surface area contributed by atoms with Gasteiger partial charge in [0.2, 0.25) is 0 Å². The Balaban J connectivity index is 2.76. The van der Waals surface area contributed by atoms with Crippen molar-refractivity contribution in [1.82, 2.24) is 4.98 Å². The summed E-state index contributed by atoms with van der Waals surface area (Å²) in [5.41, 5.74) is 3.29. The van der Waals surface area contributed by atoms with Gasteiger partial charge >= 0.3 is 6.61 Å². The third-order valence-electron chi connectivity index (χ3n) is 3.25. The molecule has 1 heterocycles. The second-order valence-electron chi connectivity index (χ2n) is 4.92. The van der Waals surface area contributed by atoms with Gasteiger partial charge in [0.15, 0.2) is 5.75 Å². The van der Waals surface area contributed by atoms with Gasteiger partial charge in [-0.15, -0.1) is 0 Å². The molecule has 0 aliphatic heterocycles. The zero-order valence-corrected chi connectivity index (χ0v) is 12.0. The van der Waals surface area contributed by atoms with Crippen LogP contribution < -0.4 is 10.1 Å². The molecule has 1 aromatic carbocycles. The maximum Gasteiger partial charge on any atom is 0.387 e. The van der Waals surface area contributed by atoms with Crippen LogP contribution in [0.5, 0.6) is 5.75 Å². The Kier molecular flexibility index (Phi) is 4.06. The van der Waals surface area contributed by atoms with Gasteiger partial charge in [0, 0.05) is 23.8 Å². The van der Waals surface area contributed by atoms with Gasteiger partial charge in [-0.05, 0) is 24.5 Å². The van der Waals surface area contributed by atoms with Gasteiger partial charge in [-0.2, -0.15) is 8.78 Å². The highest BCUT2D eigenvalue weighted by Crippen LogP contribution is 2.36. The van der Waals surface area contributed by atoms with Gasteiger partial charge in [-0.1, -0.05) is 26.0 Å². The van der Waals surface area contributed by atoms with Gasteiger partial charge in [0.05, 0.1) is 0 Å². The van der Waals surface area contributed by atoms with E-state index in [0.717, 1.165) is 22.3 Å². The first-order chi connectivity index (χ1) is 9.45. The van der Waals surface area contributed by atoms with Crippen LogP contribution in [0.25, 0.3) is 10.9 Å². The molecule has 0 spiro atoms. The van der Waals surface area contributed by atoms with Crippen molar-refractivity contribution in [2.75, 3.05) is 12.4 Å². The lowest BCUT2D eigenvalue weighted by molar-refractivity contribution is -0.0489. The Bertz CT molecular complexity index is 627. The Hall–Kier alpha value is -1.91. The van der Waals surface area contributed by atoms with Crippen molar-refractivity contribution in [1.29, 1.82) is 0 Å². The van der Waals surface area contributed by atoms with Crippen LogP contribution in [0.3, 0.4) is 0 Å². The predicted octanol–water partition coefficient (Wildman–Crippen LogP) is 4.31. The third kappa shape index (κ3) is 2.53. The monoisotopic (exact) mass is 280 g/mol. The van der Waals surface area contributed by atoms with Crippen LogP contribution in [-0.4, -0.2) is 18.6 Å². The number of hydrogen-bond acceptors (Lipinski definition) is 3. The number of benzene rings is 1. The molecule has 0 saturated heterocycles. The summed E-state index contributed by atoms with van der Waals surface area (Å²) >= 11 is 0. The van der Waals surface area contributed by atoms with E-state index in [-0.39, 0.29) is 11.7 Å². The largest absolute Gasteiger partial charge is 0.432 e. The summed E-state index contributed by atoms with van der Waals surface area (Å²) in [6, 6.07) is 5.06. The smallest absolute Gasteiger partial charge is 0.387 e. The number of anilines is 1. The number of fused-ring (bicyclic) bond motifs is 1. The van der Waals surface area contributed by atoms with Crippen LogP contribution in [0.2, 0.25) is 0 Å². The number of aromatic nitrogens is 1. The van der Waals surface area contributed by atoms with E-state index in [1.807, 2.05) is 20.0 Å². The molecule has 0 aliphatic carbocycles. The molecule has 2 aromatic rings. The molecule has 0 radical (unpaired) electrons. The highest BCUT2D eigenvalue weighted by molar-refractivity contribution is 5.96. The van der Waals surface area contributed by atoms with Crippen LogP contribution in [-0.2, 0) is 0 Å². The summed E-state index contributed by atoms with van der Waals surface area (Å²) in [4.78, 5) is 4.46. The lowest BCUT2D eigenvalue weighted by Crippen LogP contribution is -2.07. The first-order valence-corrected chi connectivity index (χ1v) is 6.51. The van der Waals surface area contributed by atoms with Gasteiger partial charge in [0.1, 0.15) is 5.52 Å². The van der Waals surface area contributed by atoms with E-state index in [2.05, 4.69) is 28.9 Å². The lowest BCUT2D eigenvalue weighted by atomic mass is 9.96. The molecule has 0 bridgehead atoms. The van der Waals surface area contributed by atoms with Crippen LogP contribution >= 0.6 is 0 Å². The van der Waals surface area contributed by atoms with Gasteiger partial charge < -0.3 is 10.1 Å². The van der Waals surface area contributed by atoms with Crippen molar-refractivity contribution in [3.05, 3.63) is 29.5 Å². The highest BCUT2D eigenvalue weighted by atomic mass is 19.3. The molecule has 0 atom stereocenters. The fourth-order valence-electron chi connectivity index (χ4n) is 2.56. The van der Waals surface area contributed by atoms with Crippen molar-refractivity contribution < 1.29 is 13.5 Å². The van der Waals surface area contributed by atoms with Crippen LogP contribution in [0.4, 0.5) is 14.5 Å². The van der Waals surface area contributed by atoms with E-state index in [0.29, 0.717) is 5.52 Å². The number of pyridine rings is 1. The lowest BCUT2D eigenvalue weighted by Gasteiger charge is -2.19. The number of aryl methyl sites for hydroxylation is 1. The molecule has 0 fully saturated rings. The molecule has 0 amide bonds. The number of rotatable bonds is 4. The molecule has 3 nitrogen and oxygen atoms in total. The van der Waals surface area contributed by atoms with Crippen LogP contribution in [0.15, 0.2) is 18.2 Å². The molecular weight excluding hydrogens is 262 g/mol. The van der Waals surface area contributed by atoms with Crippen molar-refractivity contribution in [2.45, 2.75) is 33.3 Å². The number of ether oxygens (including phenoxy) is 1. The second-order valence-corrected chi connectivity index (χ2v) is 4.92. The first-order valence-electron chi connectivity index (χ1n) is 6.51. The molecule has 0 aliphatic rings. The fourth-order valence-corrected chi connectivity index (χ4v) is 2.56. The van der Waals surface area contributed by atoms with Crippen LogP contribution in [0, 0.1) is 6.92 Å². The summed E-state index contributed by atoms with van der Waals surface area (Å²) in [7, 11) is 1.82. The molecule has 1 aromatic heterocycles. The molecule has 2 rings (SSSR count). The second kappa shape index (κ2) is 5.61. The molecule has 0 unspecified atom stereocenters. The summed E-state index contributed by atoms with van der Waals surface area (Å²) in [6.45, 7) is 3.19. The minimum atomic E-state index is -2.86. The summed E-state index contributed by atoms with van der Waals surface area (Å²) in [5, 5.41) is 3.95. The number of nitrogens with one attached hydrogen (secondary N) is 1. The fraction of sp³-hybridized carbons (Fsp3) is 0.400. The standard InChI is InChI=1S/C15H18F2N2O/c1-8(2)12-9(3)19-13-10(14(12)18-4)6-5-7-11(13)20-15(16)17/h5-8,15H,1-4H3,(H,18,19). The maximum atomic E-state index is 12.5. The quantitative estimate of drug-likeness (QED) is 0.906. The van der Waals surface area contributed by atoms with E-state index in [1.54, 1.807) is 6.07 Å². The normalized spacial score (nSPS) is 11.4. The molecule has 5 heteroatoms. The number of hydrogen-bond donors (Lipinski definition) is 1. The number of halogens is 2. The summed E-state index contributed by atoms with van der Waals surface area (Å²) in [5.74, 6) is 0.390. The highest BCUT2D eigenvalue weighted by Gasteiger charge is 2.17. The van der Waals surface area contributed by atoms with Crippen LogP contribution in [0.1, 0.15) is 31.0 Å². The zero-order chi connectivity index (χ0) is 14.9. The van der Waals surface area contributed by atoms with Gasteiger partial charge in [0.25, 0.3) is 0 Å². The Morgan fingerprint density at radius 3 is 2.50 bits per heavy atom. The maximum absolute atomic E-state index is 12.5. The first kappa shape index (κ1) is 14.5. The molecule has 20 heavy (non-hydrogen) atoms. The van der Waals surface area contributed by atoms with E-state index in [4.69, 9.17) is 0 Å². The minimum absolute atomic E-state index is 0.104. The summed E-state index contributed by atoms with van der Waals surface area (Å²) in [6.07, 6.45) is 0. The number of alkyl halides is 2. The zero-order valence-electron chi connectivity index (χ0n) is 12.0. The average molecular weight is 280 g/mol. The Labute approximate surface area is 117 Å². The van der Waals surface area contributed by atoms with E-state index < -0.39 is 6.61 Å². The Morgan fingerprint density at radius 2 is 1.95 bits per heavy atom. The van der Waals surface area contributed by atoms with Gasteiger partial charge in [-0.25, -0.2) is 4.98 Å². The number of nitrogens with zero attached hydrogens (tertiary/aromatic N) is 1. The van der Waals surface area contributed by atoms with Crippen molar-refractivity contribution in [2.24, 2.45) is 0 Å². The molecule has 108 valence electrons. The SMILES string of the molecule is CNc1c(C(C)C)c(C)nc2c(OC(F)F)cccc12. The third-order valence-corrected chi connectivity index (χ3v) is 3.25. The molecule has 0 saturated carbocycles. The van der Waals surface area contributed by atoms with E-state index in [9.17, 15) is 8.78 Å². The summed E-state index contributed by atoms with van der Waals surface area (Å²) < 4.78 is 29.5.